The Kier molecular flexibility index (Phi) is 7.16. The van der Waals surface area contributed by atoms with Crippen LogP contribution in [0, 0.1) is 0 Å². The molecule has 5 aromatic rings. The molecule has 1 amide bonds. The first-order valence-corrected chi connectivity index (χ1v) is 12.4. The minimum Gasteiger partial charge on any atom is -0.422 e. The summed E-state index contributed by atoms with van der Waals surface area (Å²) in [6.07, 6.45) is 1.43. The Bertz CT molecular complexity index is 1650. The van der Waals surface area contributed by atoms with Gasteiger partial charge < -0.3 is 9.72 Å². The highest BCUT2D eigenvalue weighted by Crippen LogP contribution is 2.38. The van der Waals surface area contributed by atoms with Crippen LogP contribution < -0.4 is 10.2 Å². The number of aromatic nitrogens is 1. The van der Waals surface area contributed by atoms with Gasteiger partial charge in [-0.15, -0.1) is 0 Å². The smallest absolute Gasteiger partial charge is 0.343 e. The number of halogens is 2. The molecule has 0 atom stereocenters. The van der Waals surface area contributed by atoms with E-state index in [0.29, 0.717) is 33.2 Å². The first kappa shape index (κ1) is 24.5. The quantitative estimate of drug-likeness (QED) is 0.0974. The number of hydrazone groups is 1. The number of carbonyl (C=O) groups excluding carboxylic acids is 2. The number of para-hydroxylation sites is 2. The number of hydrogen-bond acceptors (Lipinski definition) is 4. The van der Waals surface area contributed by atoms with Crippen LogP contribution in [-0.2, 0) is 0 Å². The molecule has 37 heavy (non-hydrogen) atoms. The van der Waals surface area contributed by atoms with Crippen molar-refractivity contribution in [3.05, 3.63) is 123 Å². The van der Waals surface area contributed by atoms with Crippen molar-refractivity contribution in [2.45, 2.75) is 0 Å². The summed E-state index contributed by atoms with van der Waals surface area (Å²) in [5.74, 6) is -0.618. The topological polar surface area (TPSA) is 83.5 Å². The highest BCUT2D eigenvalue weighted by atomic mass is 79.9. The van der Waals surface area contributed by atoms with E-state index < -0.39 is 11.9 Å². The van der Waals surface area contributed by atoms with Gasteiger partial charge in [0.25, 0.3) is 5.91 Å². The molecule has 0 saturated carbocycles. The fourth-order valence-electron chi connectivity index (χ4n) is 3.93. The number of esters is 1. The van der Waals surface area contributed by atoms with Crippen LogP contribution in [-0.4, -0.2) is 23.1 Å². The van der Waals surface area contributed by atoms with Gasteiger partial charge in [-0.1, -0.05) is 72.3 Å². The molecule has 0 aliphatic rings. The van der Waals surface area contributed by atoms with Gasteiger partial charge in [-0.3, -0.25) is 4.79 Å². The minimum atomic E-state index is -0.487. The Morgan fingerprint density at radius 3 is 2.43 bits per heavy atom. The van der Waals surface area contributed by atoms with E-state index in [2.05, 4.69) is 31.4 Å². The van der Waals surface area contributed by atoms with Crippen molar-refractivity contribution in [3.8, 4) is 16.9 Å². The molecule has 2 N–H and O–H groups in total. The fourth-order valence-corrected chi connectivity index (χ4v) is 4.62. The Morgan fingerprint density at radius 1 is 0.892 bits per heavy atom. The van der Waals surface area contributed by atoms with E-state index in [9.17, 15) is 9.59 Å². The number of nitrogens with one attached hydrogen (secondary N) is 2. The van der Waals surface area contributed by atoms with E-state index in [-0.39, 0.29) is 0 Å². The Balaban J connectivity index is 1.42. The molecule has 0 spiro atoms. The van der Waals surface area contributed by atoms with E-state index in [0.717, 1.165) is 20.9 Å². The lowest BCUT2D eigenvalue weighted by atomic mass is 10.0. The second-order valence-corrected chi connectivity index (χ2v) is 9.27. The van der Waals surface area contributed by atoms with E-state index >= 15 is 0 Å². The molecule has 0 aliphatic carbocycles. The Morgan fingerprint density at radius 2 is 1.62 bits per heavy atom. The third-order valence-corrected chi connectivity index (χ3v) is 6.64. The van der Waals surface area contributed by atoms with Crippen molar-refractivity contribution in [2.75, 3.05) is 0 Å². The van der Waals surface area contributed by atoms with E-state index in [1.54, 1.807) is 54.6 Å². The number of amides is 1. The Labute approximate surface area is 226 Å². The number of benzene rings is 4. The summed E-state index contributed by atoms with van der Waals surface area (Å²) in [4.78, 5) is 29.0. The number of hydrogen-bond donors (Lipinski definition) is 2. The lowest BCUT2D eigenvalue weighted by molar-refractivity contribution is 0.0734. The zero-order chi connectivity index (χ0) is 25.8. The van der Waals surface area contributed by atoms with Crippen LogP contribution in [0.25, 0.3) is 22.0 Å². The standard InChI is InChI=1S/C29H19BrClN3O3/c30-22-14-8-13-21-25(20-12-5-6-15-23(20)31)27(33-26(21)22)28(35)34-32-17-19-11-4-7-16-24(19)37-29(36)18-9-2-1-3-10-18/h1-17,33H,(H,34,35). The molecule has 0 saturated heterocycles. The molecule has 4 aromatic carbocycles. The monoisotopic (exact) mass is 571 g/mol. The summed E-state index contributed by atoms with van der Waals surface area (Å²) in [6, 6.07) is 28.7. The number of rotatable bonds is 6. The van der Waals surface area contributed by atoms with E-state index in [1.165, 1.54) is 6.21 Å². The molecular formula is C29H19BrClN3O3. The van der Waals surface area contributed by atoms with Crippen molar-refractivity contribution in [1.82, 2.24) is 10.4 Å². The summed E-state index contributed by atoms with van der Waals surface area (Å²) in [5, 5.41) is 5.49. The zero-order valence-corrected chi connectivity index (χ0v) is 21.6. The summed E-state index contributed by atoms with van der Waals surface area (Å²) in [7, 11) is 0. The van der Waals surface area contributed by atoms with Crippen molar-refractivity contribution >= 4 is 56.5 Å². The summed E-state index contributed by atoms with van der Waals surface area (Å²) < 4.78 is 6.36. The van der Waals surface area contributed by atoms with Gasteiger partial charge in [0.1, 0.15) is 11.4 Å². The second kappa shape index (κ2) is 10.8. The van der Waals surface area contributed by atoms with E-state index in [1.807, 2.05) is 42.5 Å². The maximum atomic E-state index is 13.3. The van der Waals surface area contributed by atoms with Gasteiger partial charge in [0, 0.05) is 31.6 Å². The molecule has 0 radical (unpaired) electrons. The second-order valence-electron chi connectivity index (χ2n) is 8.01. The fraction of sp³-hybridized carbons (Fsp3) is 0. The van der Waals surface area contributed by atoms with Gasteiger partial charge in [0.2, 0.25) is 0 Å². The van der Waals surface area contributed by atoms with Gasteiger partial charge in [-0.25, -0.2) is 10.2 Å². The molecule has 0 bridgehead atoms. The average Bonchev–Trinajstić information content (AvgIpc) is 3.31. The molecule has 182 valence electrons. The first-order valence-electron chi connectivity index (χ1n) is 11.3. The number of nitrogens with zero attached hydrogens (tertiary/aromatic N) is 1. The van der Waals surface area contributed by atoms with Crippen LogP contribution in [0.4, 0.5) is 0 Å². The SMILES string of the molecule is O=C(Oc1ccccc1C=NNC(=O)c1[nH]c2c(Br)cccc2c1-c1ccccc1Cl)c1ccccc1. The molecule has 0 unspecified atom stereocenters. The normalized spacial score (nSPS) is 11.1. The number of carbonyl (C=O) groups is 2. The van der Waals surface area contributed by atoms with Crippen molar-refractivity contribution in [2.24, 2.45) is 5.10 Å². The predicted octanol–water partition coefficient (Wildman–Crippen LogP) is 7.23. The van der Waals surface area contributed by atoms with Crippen LogP contribution in [0.3, 0.4) is 0 Å². The molecule has 0 fully saturated rings. The van der Waals surface area contributed by atoms with Crippen LogP contribution in [0.1, 0.15) is 26.4 Å². The average molecular weight is 573 g/mol. The van der Waals surface area contributed by atoms with Crippen molar-refractivity contribution in [3.63, 3.8) is 0 Å². The zero-order valence-electron chi connectivity index (χ0n) is 19.2. The van der Waals surface area contributed by atoms with Gasteiger partial charge in [0.15, 0.2) is 0 Å². The maximum absolute atomic E-state index is 13.3. The van der Waals surface area contributed by atoms with Gasteiger partial charge in [-0.05, 0) is 52.3 Å². The number of fused-ring (bicyclic) bond motifs is 1. The van der Waals surface area contributed by atoms with Gasteiger partial charge in [-0.2, -0.15) is 5.10 Å². The van der Waals surface area contributed by atoms with Crippen molar-refractivity contribution < 1.29 is 14.3 Å². The highest BCUT2D eigenvalue weighted by Gasteiger charge is 2.21. The first-order chi connectivity index (χ1) is 18.0. The lowest BCUT2D eigenvalue weighted by Crippen LogP contribution is -2.19. The summed E-state index contributed by atoms with van der Waals surface area (Å²) in [5.41, 5.74) is 6.01. The molecule has 1 heterocycles. The van der Waals surface area contributed by atoms with Crippen LogP contribution >= 0.6 is 27.5 Å². The Hall–Kier alpha value is -4.20. The lowest BCUT2D eigenvalue weighted by Gasteiger charge is -2.08. The highest BCUT2D eigenvalue weighted by molar-refractivity contribution is 9.10. The molecule has 6 nitrogen and oxygen atoms in total. The number of aromatic amines is 1. The van der Waals surface area contributed by atoms with Gasteiger partial charge >= 0.3 is 5.97 Å². The maximum Gasteiger partial charge on any atom is 0.343 e. The summed E-state index contributed by atoms with van der Waals surface area (Å²) >= 11 is 10.0. The van der Waals surface area contributed by atoms with Crippen molar-refractivity contribution in [1.29, 1.82) is 0 Å². The van der Waals surface area contributed by atoms with Crippen LogP contribution in [0.5, 0.6) is 5.75 Å². The predicted molar refractivity (Wildman–Crippen MR) is 149 cm³/mol. The molecule has 1 aromatic heterocycles. The number of H-pyrrole nitrogens is 1. The van der Waals surface area contributed by atoms with Crippen LogP contribution in [0.2, 0.25) is 5.02 Å². The third-order valence-electron chi connectivity index (χ3n) is 5.65. The van der Waals surface area contributed by atoms with E-state index in [4.69, 9.17) is 16.3 Å². The molecule has 0 aliphatic heterocycles. The number of ether oxygens (including phenoxy) is 1. The summed E-state index contributed by atoms with van der Waals surface area (Å²) in [6.45, 7) is 0. The molecule has 8 heteroatoms. The molecular weight excluding hydrogens is 554 g/mol. The molecule has 5 rings (SSSR count). The van der Waals surface area contributed by atoms with Crippen LogP contribution in [0.15, 0.2) is 107 Å². The minimum absolute atomic E-state index is 0.316. The van der Waals surface area contributed by atoms with Gasteiger partial charge in [0.05, 0.1) is 17.3 Å². The largest absolute Gasteiger partial charge is 0.422 e. The third kappa shape index (κ3) is 5.18.